The standard InChI is InChI=1S/C9H7BrClNO/c1-4-2-6(10)9-5(8(4)11)3-7(13)12-9/h2H,3H2,1H3,(H,12,13). The number of hydrogen-bond donors (Lipinski definition) is 1. The van der Waals surface area contributed by atoms with Crippen molar-refractivity contribution in [2.75, 3.05) is 5.32 Å². The molecule has 0 fully saturated rings. The molecular weight excluding hydrogens is 253 g/mol. The van der Waals surface area contributed by atoms with Crippen LogP contribution in [-0.2, 0) is 11.2 Å². The molecule has 2 rings (SSSR count). The van der Waals surface area contributed by atoms with Gasteiger partial charge in [0.05, 0.1) is 12.1 Å². The van der Waals surface area contributed by atoms with Gasteiger partial charge in [-0.1, -0.05) is 11.6 Å². The molecule has 0 aliphatic carbocycles. The molecule has 1 amide bonds. The summed E-state index contributed by atoms with van der Waals surface area (Å²) in [5.41, 5.74) is 2.71. The zero-order valence-corrected chi connectivity index (χ0v) is 9.29. The Morgan fingerprint density at radius 1 is 1.62 bits per heavy atom. The maximum absolute atomic E-state index is 11.1. The molecule has 0 atom stereocenters. The summed E-state index contributed by atoms with van der Waals surface area (Å²) >= 11 is 9.45. The number of anilines is 1. The molecule has 1 aliphatic rings. The first-order chi connectivity index (χ1) is 6.09. The van der Waals surface area contributed by atoms with E-state index in [4.69, 9.17) is 11.6 Å². The molecule has 0 spiro atoms. The van der Waals surface area contributed by atoms with E-state index < -0.39 is 0 Å². The van der Waals surface area contributed by atoms with Gasteiger partial charge in [0.1, 0.15) is 0 Å². The Balaban J connectivity index is 2.69. The molecule has 1 N–H and O–H groups in total. The van der Waals surface area contributed by atoms with Crippen molar-refractivity contribution < 1.29 is 4.79 Å². The maximum atomic E-state index is 11.1. The smallest absolute Gasteiger partial charge is 0.228 e. The molecule has 0 saturated heterocycles. The lowest BCUT2D eigenvalue weighted by Gasteiger charge is -2.06. The molecule has 1 aliphatic heterocycles. The van der Waals surface area contributed by atoms with Crippen LogP contribution >= 0.6 is 27.5 Å². The van der Waals surface area contributed by atoms with Crippen molar-refractivity contribution in [3.63, 3.8) is 0 Å². The summed E-state index contributed by atoms with van der Waals surface area (Å²) in [7, 11) is 0. The average molecular weight is 261 g/mol. The number of rotatable bonds is 0. The highest BCUT2D eigenvalue weighted by Gasteiger charge is 2.23. The topological polar surface area (TPSA) is 29.1 Å². The molecule has 1 aromatic carbocycles. The predicted octanol–water partition coefficient (Wildman–Crippen LogP) is 2.91. The van der Waals surface area contributed by atoms with Crippen molar-refractivity contribution in [3.8, 4) is 0 Å². The van der Waals surface area contributed by atoms with E-state index in [1.807, 2.05) is 13.0 Å². The lowest BCUT2D eigenvalue weighted by atomic mass is 10.1. The summed E-state index contributed by atoms with van der Waals surface area (Å²) in [4.78, 5) is 11.1. The van der Waals surface area contributed by atoms with Crippen molar-refractivity contribution in [2.45, 2.75) is 13.3 Å². The van der Waals surface area contributed by atoms with Gasteiger partial charge in [0.25, 0.3) is 0 Å². The summed E-state index contributed by atoms with van der Waals surface area (Å²) < 4.78 is 0.898. The first-order valence-corrected chi connectivity index (χ1v) is 5.04. The van der Waals surface area contributed by atoms with E-state index in [9.17, 15) is 4.79 Å². The molecule has 2 nitrogen and oxygen atoms in total. The molecule has 68 valence electrons. The van der Waals surface area contributed by atoms with Crippen LogP contribution in [0.25, 0.3) is 0 Å². The summed E-state index contributed by atoms with van der Waals surface area (Å²) in [5, 5.41) is 3.45. The summed E-state index contributed by atoms with van der Waals surface area (Å²) in [6, 6.07) is 1.91. The van der Waals surface area contributed by atoms with Gasteiger partial charge in [0.15, 0.2) is 0 Å². The second-order valence-electron chi connectivity index (χ2n) is 3.07. The van der Waals surface area contributed by atoms with Gasteiger partial charge in [-0.15, -0.1) is 0 Å². The quantitative estimate of drug-likeness (QED) is 0.763. The van der Waals surface area contributed by atoms with Crippen molar-refractivity contribution >= 4 is 39.1 Å². The molecule has 1 heterocycles. The van der Waals surface area contributed by atoms with Gasteiger partial charge in [-0.25, -0.2) is 0 Å². The summed E-state index contributed by atoms with van der Waals surface area (Å²) in [6.45, 7) is 1.93. The van der Waals surface area contributed by atoms with E-state index in [-0.39, 0.29) is 5.91 Å². The van der Waals surface area contributed by atoms with Gasteiger partial charge < -0.3 is 5.32 Å². The largest absolute Gasteiger partial charge is 0.324 e. The third-order valence-electron chi connectivity index (χ3n) is 2.10. The van der Waals surface area contributed by atoms with Crippen LogP contribution < -0.4 is 5.32 Å². The van der Waals surface area contributed by atoms with E-state index in [2.05, 4.69) is 21.2 Å². The van der Waals surface area contributed by atoms with Gasteiger partial charge in [-0.05, 0) is 34.5 Å². The summed E-state index contributed by atoms with van der Waals surface area (Å²) in [5.74, 6) is 0.00296. The first kappa shape index (κ1) is 9.03. The fraction of sp³-hybridized carbons (Fsp3) is 0.222. The number of fused-ring (bicyclic) bond motifs is 1. The fourth-order valence-electron chi connectivity index (χ4n) is 1.46. The highest BCUT2D eigenvalue weighted by Crippen LogP contribution is 2.38. The molecule has 0 unspecified atom stereocenters. The van der Waals surface area contributed by atoms with Gasteiger partial charge in [-0.2, -0.15) is 0 Å². The maximum Gasteiger partial charge on any atom is 0.228 e. The minimum Gasteiger partial charge on any atom is -0.324 e. The monoisotopic (exact) mass is 259 g/mol. The van der Waals surface area contributed by atoms with Gasteiger partial charge in [-0.3, -0.25) is 4.79 Å². The third-order valence-corrected chi connectivity index (χ3v) is 3.25. The Bertz CT molecular complexity index is 403. The molecule has 0 radical (unpaired) electrons. The molecule has 0 saturated carbocycles. The summed E-state index contributed by atoms with van der Waals surface area (Å²) in [6.07, 6.45) is 0.383. The van der Waals surface area contributed by atoms with Gasteiger partial charge in [0, 0.05) is 15.1 Å². The minimum absolute atomic E-state index is 0.00296. The number of aryl methyl sites for hydroxylation is 1. The van der Waals surface area contributed by atoms with Crippen LogP contribution in [0.1, 0.15) is 11.1 Å². The number of carbonyl (C=O) groups is 1. The Morgan fingerprint density at radius 3 is 3.00 bits per heavy atom. The zero-order valence-electron chi connectivity index (χ0n) is 6.95. The first-order valence-electron chi connectivity index (χ1n) is 3.87. The molecular formula is C9H7BrClNO. The number of hydrogen-bond acceptors (Lipinski definition) is 1. The van der Waals surface area contributed by atoms with Crippen LogP contribution in [0.15, 0.2) is 10.5 Å². The Labute approximate surface area is 89.4 Å². The second kappa shape index (κ2) is 3.00. The van der Waals surface area contributed by atoms with Crippen molar-refractivity contribution in [2.24, 2.45) is 0 Å². The van der Waals surface area contributed by atoms with Crippen LogP contribution in [0, 0.1) is 6.92 Å². The number of amides is 1. The van der Waals surface area contributed by atoms with E-state index >= 15 is 0 Å². The Kier molecular flexibility index (Phi) is 2.08. The van der Waals surface area contributed by atoms with Crippen LogP contribution in [0.5, 0.6) is 0 Å². The number of carbonyl (C=O) groups excluding carboxylic acids is 1. The fourth-order valence-corrected chi connectivity index (χ4v) is 2.36. The molecule has 4 heteroatoms. The van der Waals surface area contributed by atoms with E-state index in [0.717, 1.165) is 21.3 Å². The third kappa shape index (κ3) is 1.36. The van der Waals surface area contributed by atoms with Crippen molar-refractivity contribution in [3.05, 3.63) is 26.7 Å². The number of halogens is 2. The SMILES string of the molecule is Cc1cc(Br)c2c(c1Cl)CC(=O)N2. The van der Waals surface area contributed by atoms with Crippen molar-refractivity contribution in [1.82, 2.24) is 0 Å². The van der Waals surface area contributed by atoms with Crippen molar-refractivity contribution in [1.29, 1.82) is 0 Å². The van der Waals surface area contributed by atoms with Crippen LogP contribution in [0.3, 0.4) is 0 Å². The number of nitrogens with one attached hydrogen (secondary N) is 1. The number of benzene rings is 1. The molecule has 0 aromatic heterocycles. The highest BCUT2D eigenvalue weighted by atomic mass is 79.9. The van der Waals surface area contributed by atoms with Gasteiger partial charge >= 0.3 is 0 Å². The Morgan fingerprint density at radius 2 is 2.31 bits per heavy atom. The van der Waals surface area contributed by atoms with Crippen LogP contribution in [0.2, 0.25) is 5.02 Å². The predicted molar refractivity (Wildman–Crippen MR) is 56.2 cm³/mol. The van der Waals surface area contributed by atoms with E-state index in [0.29, 0.717) is 11.4 Å². The normalized spacial score (nSPS) is 14.2. The molecule has 0 bridgehead atoms. The molecule has 13 heavy (non-hydrogen) atoms. The average Bonchev–Trinajstić information content (AvgIpc) is 2.44. The highest BCUT2D eigenvalue weighted by molar-refractivity contribution is 9.10. The van der Waals surface area contributed by atoms with E-state index in [1.54, 1.807) is 0 Å². The zero-order chi connectivity index (χ0) is 9.59. The molecule has 1 aromatic rings. The van der Waals surface area contributed by atoms with Crippen LogP contribution in [-0.4, -0.2) is 5.91 Å². The van der Waals surface area contributed by atoms with Crippen LogP contribution in [0.4, 0.5) is 5.69 Å². The minimum atomic E-state index is 0.00296. The lowest BCUT2D eigenvalue weighted by molar-refractivity contribution is -0.115. The van der Waals surface area contributed by atoms with Gasteiger partial charge in [0.2, 0.25) is 5.91 Å². The lowest BCUT2D eigenvalue weighted by Crippen LogP contribution is -2.03. The Hall–Kier alpha value is -0.540. The van der Waals surface area contributed by atoms with E-state index in [1.165, 1.54) is 0 Å². The second-order valence-corrected chi connectivity index (χ2v) is 4.30.